The van der Waals surface area contributed by atoms with Gasteiger partial charge >= 0.3 is 0 Å². The molecule has 0 saturated heterocycles. The second-order valence-electron chi connectivity index (χ2n) is 4.98. The zero-order valence-corrected chi connectivity index (χ0v) is 11.5. The molecule has 2 aromatic rings. The van der Waals surface area contributed by atoms with Crippen LogP contribution in [0.2, 0.25) is 0 Å². The topological polar surface area (TPSA) is 77.7 Å². The summed E-state index contributed by atoms with van der Waals surface area (Å²) in [6.45, 7) is 5.03. The highest BCUT2D eigenvalue weighted by molar-refractivity contribution is 5.55. The van der Waals surface area contributed by atoms with E-state index in [-0.39, 0.29) is 5.54 Å². The first-order chi connectivity index (χ1) is 9.09. The number of rotatable bonds is 6. The van der Waals surface area contributed by atoms with Crippen LogP contribution >= 0.6 is 0 Å². The minimum absolute atomic E-state index is 0.0119. The zero-order chi connectivity index (χ0) is 13.7. The van der Waals surface area contributed by atoms with Crippen LogP contribution in [0.5, 0.6) is 0 Å². The highest BCUT2D eigenvalue weighted by atomic mass is 15.1. The summed E-state index contributed by atoms with van der Waals surface area (Å²) in [7, 11) is 1.94. The van der Waals surface area contributed by atoms with Crippen molar-refractivity contribution in [3.05, 3.63) is 30.7 Å². The second kappa shape index (κ2) is 5.71. The van der Waals surface area contributed by atoms with E-state index in [9.17, 15) is 0 Å². The standard InChI is InChI=1S/C13H20N6/c1-13(2,14-3)8-16-11-7-12(18-9-17-11)19-10-5-4-6-15-10/h4-7,9,14-15H,8H2,1-3H3,(H2,16,17,18,19). The molecule has 6 nitrogen and oxygen atoms in total. The van der Waals surface area contributed by atoms with E-state index in [1.165, 1.54) is 0 Å². The van der Waals surface area contributed by atoms with E-state index in [4.69, 9.17) is 0 Å². The molecular weight excluding hydrogens is 240 g/mol. The molecule has 102 valence electrons. The van der Waals surface area contributed by atoms with Crippen molar-refractivity contribution < 1.29 is 0 Å². The SMILES string of the molecule is CNC(C)(C)CNc1cc(Nc2ccc[nH]2)ncn1. The summed E-state index contributed by atoms with van der Waals surface area (Å²) in [5.74, 6) is 2.45. The molecule has 2 aromatic heterocycles. The Morgan fingerprint density at radius 2 is 2.05 bits per heavy atom. The maximum Gasteiger partial charge on any atom is 0.136 e. The van der Waals surface area contributed by atoms with Gasteiger partial charge in [0.1, 0.15) is 23.8 Å². The molecule has 0 bridgehead atoms. The fourth-order valence-corrected chi connectivity index (χ4v) is 1.47. The van der Waals surface area contributed by atoms with Crippen molar-refractivity contribution >= 4 is 17.5 Å². The van der Waals surface area contributed by atoms with Gasteiger partial charge in [0.05, 0.1) is 0 Å². The Hall–Kier alpha value is -2.08. The molecule has 0 saturated carbocycles. The van der Waals surface area contributed by atoms with Gasteiger partial charge in [-0.15, -0.1) is 0 Å². The van der Waals surface area contributed by atoms with Gasteiger partial charge in [0.25, 0.3) is 0 Å². The molecule has 0 aliphatic rings. The van der Waals surface area contributed by atoms with E-state index < -0.39 is 0 Å². The summed E-state index contributed by atoms with van der Waals surface area (Å²) >= 11 is 0. The van der Waals surface area contributed by atoms with Gasteiger partial charge in [0.2, 0.25) is 0 Å². The number of H-pyrrole nitrogens is 1. The Balaban J connectivity index is 1.99. The lowest BCUT2D eigenvalue weighted by Crippen LogP contribution is -2.42. The van der Waals surface area contributed by atoms with Crippen LogP contribution in [0.1, 0.15) is 13.8 Å². The average Bonchev–Trinajstić information content (AvgIpc) is 2.90. The normalized spacial score (nSPS) is 11.3. The number of anilines is 3. The van der Waals surface area contributed by atoms with Gasteiger partial charge in [-0.1, -0.05) is 0 Å². The lowest BCUT2D eigenvalue weighted by Gasteiger charge is -2.24. The van der Waals surface area contributed by atoms with Gasteiger partial charge < -0.3 is 20.9 Å². The summed E-state index contributed by atoms with van der Waals surface area (Å²) in [5, 5.41) is 9.70. The first kappa shape index (κ1) is 13.4. The fourth-order valence-electron chi connectivity index (χ4n) is 1.47. The van der Waals surface area contributed by atoms with E-state index in [1.54, 1.807) is 6.33 Å². The molecule has 0 radical (unpaired) electrons. The molecule has 0 unspecified atom stereocenters. The van der Waals surface area contributed by atoms with Gasteiger partial charge in [-0.25, -0.2) is 9.97 Å². The second-order valence-corrected chi connectivity index (χ2v) is 4.98. The number of hydrogen-bond acceptors (Lipinski definition) is 5. The maximum atomic E-state index is 4.21. The number of aromatic nitrogens is 3. The highest BCUT2D eigenvalue weighted by Crippen LogP contribution is 2.14. The molecular formula is C13H20N6. The van der Waals surface area contributed by atoms with Crippen LogP contribution < -0.4 is 16.0 Å². The molecule has 2 heterocycles. The zero-order valence-electron chi connectivity index (χ0n) is 11.5. The van der Waals surface area contributed by atoms with Crippen LogP contribution in [0, 0.1) is 0 Å². The predicted molar refractivity (Wildman–Crippen MR) is 77.7 cm³/mol. The molecule has 0 spiro atoms. The Labute approximate surface area is 113 Å². The molecule has 0 aromatic carbocycles. The minimum atomic E-state index is 0.0119. The van der Waals surface area contributed by atoms with E-state index >= 15 is 0 Å². The lowest BCUT2D eigenvalue weighted by atomic mass is 10.1. The third kappa shape index (κ3) is 3.96. The minimum Gasteiger partial charge on any atom is -0.368 e. The smallest absolute Gasteiger partial charge is 0.136 e. The average molecular weight is 260 g/mol. The number of nitrogens with one attached hydrogen (secondary N) is 4. The Morgan fingerprint density at radius 3 is 2.74 bits per heavy atom. The van der Waals surface area contributed by atoms with Crippen molar-refractivity contribution in [2.45, 2.75) is 19.4 Å². The summed E-state index contributed by atoms with van der Waals surface area (Å²) in [4.78, 5) is 11.5. The molecule has 19 heavy (non-hydrogen) atoms. The summed E-state index contributed by atoms with van der Waals surface area (Å²) in [6, 6.07) is 5.75. The van der Waals surface area contributed by atoms with E-state index in [2.05, 4.69) is 44.7 Å². The van der Waals surface area contributed by atoms with Crippen LogP contribution in [0.4, 0.5) is 17.5 Å². The first-order valence-corrected chi connectivity index (χ1v) is 6.24. The molecule has 4 N–H and O–H groups in total. The predicted octanol–water partition coefficient (Wildman–Crippen LogP) is 1.96. The number of nitrogens with zero attached hydrogens (tertiary/aromatic N) is 2. The van der Waals surface area contributed by atoms with E-state index in [0.717, 1.165) is 24.0 Å². The number of aromatic amines is 1. The van der Waals surface area contributed by atoms with Crippen LogP contribution in [-0.2, 0) is 0 Å². The summed E-state index contributed by atoms with van der Waals surface area (Å²) in [6.07, 6.45) is 3.40. The van der Waals surface area contributed by atoms with Crippen molar-refractivity contribution in [1.82, 2.24) is 20.3 Å². The molecule has 0 atom stereocenters. The quantitative estimate of drug-likeness (QED) is 0.638. The monoisotopic (exact) mass is 260 g/mol. The van der Waals surface area contributed by atoms with Crippen LogP contribution in [0.3, 0.4) is 0 Å². The van der Waals surface area contributed by atoms with Crippen LogP contribution in [0.25, 0.3) is 0 Å². The van der Waals surface area contributed by atoms with Gasteiger partial charge in [-0.3, -0.25) is 0 Å². The van der Waals surface area contributed by atoms with Crippen molar-refractivity contribution in [3.63, 3.8) is 0 Å². The largest absolute Gasteiger partial charge is 0.368 e. The Bertz CT molecular complexity index is 506. The van der Waals surface area contributed by atoms with Crippen LogP contribution in [-0.4, -0.2) is 34.1 Å². The van der Waals surface area contributed by atoms with Gasteiger partial charge in [0.15, 0.2) is 0 Å². The van der Waals surface area contributed by atoms with Gasteiger partial charge in [-0.2, -0.15) is 0 Å². The van der Waals surface area contributed by atoms with Gasteiger partial charge in [-0.05, 0) is 33.0 Å². The fraction of sp³-hybridized carbons (Fsp3) is 0.385. The number of likely N-dealkylation sites (N-methyl/N-ethyl adjacent to an activating group) is 1. The molecule has 0 aliphatic carbocycles. The summed E-state index contributed by atoms with van der Waals surface area (Å²) in [5.41, 5.74) is 0.0119. The first-order valence-electron chi connectivity index (χ1n) is 6.24. The molecule has 6 heteroatoms. The third-order valence-corrected chi connectivity index (χ3v) is 2.92. The van der Waals surface area contributed by atoms with E-state index in [1.807, 2.05) is 31.4 Å². The third-order valence-electron chi connectivity index (χ3n) is 2.92. The lowest BCUT2D eigenvalue weighted by molar-refractivity contribution is 0.447. The van der Waals surface area contributed by atoms with Crippen LogP contribution in [0.15, 0.2) is 30.7 Å². The maximum absolute atomic E-state index is 4.21. The molecule has 0 fully saturated rings. The van der Waals surface area contributed by atoms with Crippen molar-refractivity contribution in [2.75, 3.05) is 24.2 Å². The molecule has 0 amide bonds. The Kier molecular flexibility index (Phi) is 4.01. The molecule has 2 rings (SSSR count). The molecule has 0 aliphatic heterocycles. The number of hydrogen-bond donors (Lipinski definition) is 4. The van der Waals surface area contributed by atoms with Crippen molar-refractivity contribution in [1.29, 1.82) is 0 Å². The summed E-state index contributed by atoms with van der Waals surface area (Å²) < 4.78 is 0. The van der Waals surface area contributed by atoms with E-state index in [0.29, 0.717) is 0 Å². The van der Waals surface area contributed by atoms with Gasteiger partial charge in [0, 0.05) is 24.3 Å². The highest BCUT2D eigenvalue weighted by Gasteiger charge is 2.14. The van der Waals surface area contributed by atoms with Crippen molar-refractivity contribution in [2.24, 2.45) is 0 Å². The Morgan fingerprint density at radius 1 is 1.26 bits per heavy atom. The van der Waals surface area contributed by atoms with Crippen molar-refractivity contribution in [3.8, 4) is 0 Å².